The number of hydrogen-bond donors (Lipinski definition) is 2. The van der Waals surface area contributed by atoms with E-state index < -0.39 is 0 Å². The molecule has 2 N–H and O–H groups in total. The van der Waals surface area contributed by atoms with Crippen molar-refractivity contribution in [3.05, 3.63) is 48.7 Å². The fourth-order valence-corrected chi connectivity index (χ4v) is 4.52. The van der Waals surface area contributed by atoms with Gasteiger partial charge in [-0.25, -0.2) is 14.4 Å². The van der Waals surface area contributed by atoms with Crippen molar-refractivity contribution in [2.75, 3.05) is 44.7 Å². The van der Waals surface area contributed by atoms with Crippen LogP contribution in [0.1, 0.15) is 12.8 Å². The van der Waals surface area contributed by atoms with Crippen molar-refractivity contribution in [1.29, 1.82) is 0 Å². The second kappa shape index (κ2) is 9.86. The molecule has 188 valence electrons. The number of aliphatic hydroxyl groups excluding tert-OH is 1. The van der Waals surface area contributed by atoms with Crippen LogP contribution in [0.4, 0.5) is 22.0 Å². The normalized spacial score (nSPS) is 15.4. The maximum Gasteiger partial charge on any atom is 0.230 e. The molecule has 0 radical (unpaired) electrons. The first kappa shape index (κ1) is 23.6. The molecule has 10 nitrogen and oxygen atoms in total. The van der Waals surface area contributed by atoms with Crippen LogP contribution in [0.15, 0.2) is 42.9 Å². The van der Waals surface area contributed by atoms with Crippen LogP contribution in [0.3, 0.4) is 0 Å². The number of nitrogens with zero attached hydrogens (tertiary/aromatic N) is 5. The third-order valence-electron chi connectivity index (χ3n) is 6.27. The standard InChI is InChI=1S/C25H27FN6O4/c1-34-20-10-17(11-21(35-2)23(20)36-3)31-12-22(27-14-31)29-25-28-19-9-15(26)6-7-18(19)24(30-25)32-8-4-5-16(32)13-33/h6-7,9-12,14,16,33H,4-5,8,13H2,1-3H3,(H,28,29,30)/t16-/m0/s1. The summed E-state index contributed by atoms with van der Waals surface area (Å²) in [5.41, 5.74) is 1.21. The predicted molar refractivity (Wildman–Crippen MR) is 133 cm³/mol. The van der Waals surface area contributed by atoms with Crippen molar-refractivity contribution in [3.8, 4) is 22.9 Å². The summed E-state index contributed by atoms with van der Waals surface area (Å²) < 4.78 is 32.1. The highest BCUT2D eigenvalue weighted by molar-refractivity contribution is 5.91. The maximum absolute atomic E-state index is 14.0. The highest BCUT2D eigenvalue weighted by Crippen LogP contribution is 2.39. The van der Waals surface area contributed by atoms with Crippen LogP contribution in [-0.4, -0.2) is 65.1 Å². The molecule has 11 heteroatoms. The summed E-state index contributed by atoms with van der Waals surface area (Å²) in [6.07, 6.45) is 5.21. The summed E-state index contributed by atoms with van der Waals surface area (Å²) in [5, 5.41) is 13.7. The minimum atomic E-state index is -0.384. The molecule has 36 heavy (non-hydrogen) atoms. The number of methoxy groups -OCH3 is 3. The smallest absolute Gasteiger partial charge is 0.230 e. The molecular weight excluding hydrogens is 467 g/mol. The summed E-state index contributed by atoms with van der Waals surface area (Å²) in [5.74, 6) is 2.57. The third kappa shape index (κ3) is 4.33. The Bertz CT molecular complexity index is 1370. The van der Waals surface area contributed by atoms with Crippen LogP contribution in [-0.2, 0) is 0 Å². The number of imidazole rings is 1. The molecule has 0 bridgehead atoms. The summed E-state index contributed by atoms with van der Waals surface area (Å²) in [7, 11) is 4.66. The molecule has 2 aromatic carbocycles. The average Bonchev–Trinajstić information content (AvgIpc) is 3.56. The van der Waals surface area contributed by atoms with Crippen molar-refractivity contribution >= 4 is 28.5 Å². The largest absolute Gasteiger partial charge is 0.493 e. The molecule has 1 aliphatic heterocycles. The summed E-state index contributed by atoms with van der Waals surface area (Å²) in [6, 6.07) is 8.02. The van der Waals surface area contributed by atoms with E-state index in [4.69, 9.17) is 19.2 Å². The fraction of sp³-hybridized carbons (Fsp3) is 0.320. The first-order valence-electron chi connectivity index (χ1n) is 11.5. The SMILES string of the molecule is COc1cc(-n2cnc(Nc3nc(N4CCC[C@H]4CO)c4ccc(F)cc4n3)c2)cc(OC)c1OC. The van der Waals surface area contributed by atoms with Crippen LogP contribution in [0.2, 0.25) is 0 Å². The number of nitrogens with one attached hydrogen (secondary N) is 1. The van der Waals surface area contributed by atoms with E-state index in [0.717, 1.165) is 30.5 Å². The van der Waals surface area contributed by atoms with Crippen molar-refractivity contribution in [2.45, 2.75) is 18.9 Å². The number of aromatic nitrogens is 4. The quantitative estimate of drug-likeness (QED) is 0.379. The molecular formula is C25H27FN6O4. The van der Waals surface area contributed by atoms with Gasteiger partial charge in [0.05, 0.1) is 51.4 Å². The number of ether oxygens (including phenoxy) is 3. The number of rotatable bonds is 8. The molecule has 0 spiro atoms. The molecule has 0 aliphatic carbocycles. The van der Waals surface area contributed by atoms with E-state index in [1.54, 1.807) is 44.5 Å². The Balaban J connectivity index is 1.50. The number of anilines is 3. The Kier molecular flexibility index (Phi) is 6.47. The first-order valence-corrected chi connectivity index (χ1v) is 11.5. The monoisotopic (exact) mass is 494 g/mol. The third-order valence-corrected chi connectivity index (χ3v) is 6.27. The van der Waals surface area contributed by atoms with E-state index in [-0.39, 0.29) is 24.4 Å². The Hall–Kier alpha value is -4.12. The molecule has 3 heterocycles. The topological polar surface area (TPSA) is 107 Å². The van der Waals surface area contributed by atoms with E-state index >= 15 is 0 Å². The van der Waals surface area contributed by atoms with Gasteiger partial charge in [0.15, 0.2) is 17.3 Å². The van der Waals surface area contributed by atoms with Gasteiger partial charge in [-0.15, -0.1) is 0 Å². The number of halogens is 1. The van der Waals surface area contributed by atoms with E-state index in [2.05, 4.69) is 20.2 Å². The van der Waals surface area contributed by atoms with E-state index in [1.165, 1.54) is 12.1 Å². The first-order chi connectivity index (χ1) is 17.5. The zero-order valence-corrected chi connectivity index (χ0v) is 20.2. The van der Waals surface area contributed by atoms with Crippen LogP contribution in [0.25, 0.3) is 16.6 Å². The molecule has 5 rings (SSSR count). The van der Waals surface area contributed by atoms with Gasteiger partial charge in [0.25, 0.3) is 0 Å². The van der Waals surface area contributed by atoms with E-state index in [0.29, 0.717) is 34.4 Å². The lowest BCUT2D eigenvalue weighted by atomic mass is 10.2. The lowest BCUT2D eigenvalue weighted by Crippen LogP contribution is -2.33. The van der Waals surface area contributed by atoms with E-state index in [1.807, 2.05) is 12.1 Å². The average molecular weight is 495 g/mol. The van der Waals surface area contributed by atoms with Gasteiger partial charge in [0.2, 0.25) is 11.7 Å². The van der Waals surface area contributed by atoms with Gasteiger partial charge in [-0.2, -0.15) is 4.98 Å². The van der Waals surface area contributed by atoms with Gasteiger partial charge < -0.3 is 34.1 Å². The molecule has 1 atom stereocenters. The second-order valence-electron chi connectivity index (χ2n) is 8.38. The number of hydrogen-bond acceptors (Lipinski definition) is 9. The zero-order chi connectivity index (χ0) is 25.2. The molecule has 1 aliphatic rings. The molecule has 1 fully saturated rings. The van der Waals surface area contributed by atoms with Crippen molar-refractivity contribution < 1.29 is 23.7 Å². The van der Waals surface area contributed by atoms with Crippen LogP contribution < -0.4 is 24.4 Å². The van der Waals surface area contributed by atoms with Crippen molar-refractivity contribution in [3.63, 3.8) is 0 Å². The summed E-state index contributed by atoms with van der Waals surface area (Å²) in [4.78, 5) is 15.7. The lowest BCUT2D eigenvalue weighted by Gasteiger charge is -2.25. The van der Waals surface area contributed by atoms with Gasteiger partial charge in [-0.3, -0.25) is 0 Å². The molecule has 0 saturated carbocycles. The molecule has 0 amide bonds. The molecule has 0 unspecified atom stereocenters. The molecule has 1 saturated heterocycles. The van der Waals surface area contributed by atoms with Gasteiger partial charge in [0.1, 0.15) is 18.0 Å². The van der Waals surface area contributed by atoms with Gasteiger partial charge in [-0.1, -0.05) is 0 Å². The summed E-state index contributed by atoms with van der Waals surface area (Å²) >= 11 is 0. The predicted octanol–water partition coefficient (Wildman–Crippen LogP) is 3.69. The number of fused-ring (bicyclic) bond motifs is 1. The molecule has 4 aromatic rings. The molecule has 2 aromatic heterocycles. The minimum Gasteiger partial charge on any atom is -0.493 e. The highest BCUT2D eigenvalue weighted by Gasteiger charge is 2.27. The minimum absolute atomic E-state index is 0.0225. The number of aliphatic hydroxyl groups is 1. The Morgan fingerprint density at radius 2 is 1.86 bits per heavy atom. The highest BCUT2D eigenvalue weighted by atomic mass is 19.1. The lowest BCUT2D eigenvalue weighted by molar-refractivity contribution is 0.266. The van der Waals surface area contributed by atoms with Crippen LogP contribution in [0, 0.1) is 5.82 Å². The Morgan fingerprint density at radius 3 is 2.56 bits per heavy atom. The van der Waals surface area contributed by atoms with Gasteiger partial charge in [-0.05, 0) is 25.0 Å². The van der Waals surface area contributed by atoms with Crippen molar-refractivity contribution in [1.82, 2.24) is 19.5 Å². The Labute approximate surface area is 207 Å². The van der Waals surface area contributed by atoms with Crippen LogP contribution in [0.5, 0.6) is 17.2 Å². The zero-order valence-electron chi connectivity index (χ0n) is 20.2. The summed E-state index contributed by atoms with van der Waals surface area (Å²) in [6.45, 7) is 0.776. The van der Waals surface area contributed by atoms with Crippen LogP contribution >= 0.6 is 0 Å². The fourth-order valence-electron chi connectivity index (χ4n) is 4.52. The van der Waals surface area contributed by atoms with Gasteiger partial charge >= 0.3 is 0 Å². The second-order valence-corrected chi connectivity index (χ2v) is 8.38. The van der Waals surface area contributed by atoms with Crippen molar-refractivity contribution in [2.24, 2.45) is 0 Å². The Morgan fingerprint density at radius 1 is 1.08 bits per heavy atom. The van der Waals surface area contributed by atoms with Gasteiger partial charge in [0, 0.05) is 30.1 Å². The maximum atomic E-state index is 14.0. The van der Waals surface area contributed by atoms with E-state index in [9.17, 15) is 9.50 Å². The number of benzene rings is 2.